The van der Waals surface area contributed by atoms with E-state index in [1.165, 1.54) is 4.90 Å². The third-order valence-electron chi connectivity index (χ3n) is 6.36. The van der Waals surface area contributed by atoms with Crippen molar-refractivity contribution in [1.29, 1.82) is 0 Å². The van der Waals surface area contributed by atoms with Gasteiger partial charge in [0.25, 0.3) is 5.91 Å². The van der Waals surface area contributed by atoms with Crippen molar-refractivity contribution in [2.45, 2.75) is 44.6 Å². The fraction of sp³-hybridized carbons (Fsp3) is 0.357. The molecule has 0 aliphatic carbocycles. The predicted molar refractivity (Wildman–Crippen MR) is 162 cm³/mol. The molecule has 0 bridgehead atoms. The number of carbonyl (C=O) groups excluding carboxylic acids is 2. The van der Waals surface area contributed by atoms with Crippen molar-refractivity contribution >= 4 is 70.0 Å². The summed E-state index contributed by atoms with van der Waals surface area (Å²) in [5, 5.41) is 19.2. The largest absolute Gasteiger partial charge is 0.465 e. The lowest BCUT2D eigenvalue weighted by molar-refractivity contribution is -0.125. The molecule has 1 aromatic heterocycles. The van der Waals surface area contributed by atoms with Crippen molar-refractivity contribution in [2.75, 3.05) is 11.4 Å². The SMILES string of the molecule is CC(C)[C@H](NC(=O)O)C(=O)N[C@H](CN(C(=O)C(Cl)Cl)c1cccc(-c2cc(-c3c(Cl)cccc3Cl)no2)c1)C(C)C. The zero-order chi connectivity index (χ0) is 30.4. The number of rotatable bonds is 11. The number of alkyl halides is 2. The van der Waals surface area contributed by atoms with Gasteiger partial charge >= 0.3 is 6.09 Å². The van der Waals surface area contributed by atoms with Crippen LogP contribution in [0.25, 0.3) is 22.6 Å². The van der Waals surface area contributed by atoms with Crippen molar-refractivity contribution in [1.82, 2.24) is 15.8 Å². The van der Waals surface area contributed by atoms with Gasteiger partial charge in [-0.2, -0.15) is 0 Å². The molecule has 9 nitrogen and oxygen atoms in total. The molecule has 0 radical (unpaired) electrons. The zero-order valence-corrected chi connectivity index (χ0v) is 25.7. The smallest absolute Gasteiger partial charge is 0.405 e. The van der Waals surface area contributed by atoms with Gasteiger partial charge in [0.2, 0.25) is 5.91 Å². The monoisotopic (exact) mass is 642 g/mol. The van der Waals surface area contributed by atoms with Crippen LogP contribution >= 0.6 is 46.4 Å². The highest BCUT2D eigenvalue weighted by Gasteiger charge is 2.31. The van der Waals surface area contributed by atoms with Crippen molar-refractivity contribution < 1.29 is 24.0 Å². The lowest BCUT2D eigenvalue weighted by Gasteiger charge is -2.32. The molecule has 3 amide bonds. The molecule has 3 N–H and O–H groups in total. The van der Waals surface area contributed by atoms with E-state index in [2.05, 4.69) is 15.8 Å². The maximum Gasteiger partial charge on any atom is 0.405 e. The van der Waals surface area contributed by atoms with Gasteiger partial charge in [0.1, 0.15) is 11.7 Å². The van der Waals surface area contributed by atoms with Gasteiger partial charge in [-0.1, -0.05) is 97.5 Å². The Bertz CT molecular complexity index is 1380. The Kier molecular flexibility index (Phi) is 11.3. The highest BCUT2D eigenvalue weighted by atomic mass is 35.5. The summed E-state index contributed by atoms with van der Waals surface area (Å²) in [7, 11) is 0. The number of hydrogen-bond donors (Lipinski definition) is 3. The fourth-order valence-electron chi connectivity index (χ4n) is 4.10. The lowest BCUT2D eigenvalue weighted by atomic mass is 9.99. The number of carboxylic acid groups (broad SMARTS) is 1. The van der Waals surface area contributed by atoms with Gasteiger partial charge in [0.05, 0.1) is 10.0 Å². The molecule has 1 heterocycles. The third kappa shape index (κ3) is 8.29. The summed E-state index contributed by atoms with van der Waals surface area (Å²) in [6.45, 7) is 7.20. The summed E-state index contributed by atoms with van der Waals surface area (Å²) in [6, 6.07) is 12.1. The lowest BCUT2D eigenvalue weighted by Crippen LogP contribution is -2.56. The number of amides is 3. The van der Waals surface area contributed by atoms with Crippen molar-refractivity contribution in [2.24, 2.45) is 11.8 Å². The van der Waals surface area contributed by atoms with E-state index in [0.717, 1.165) is 0 Å². The minimum absolute atomic E-state index is 0.0103. The fourth-order valence-corrected chi connectivity index (χ4v) is 4.93. The van der Waals surface area contributed by atoms with E-state index < -0.39 is 34.8 Å². The molecule has 0 fully saturated rings. The van der Waals surface area contributed by atoms with Crippen LogP contribution in [0.4, 0.5) is 10.5 Å². The molecule has 2 atom stereocenters. The molecule has 220 valence electrons. The van der Waals surface area contributed by atoms with Gasteiger partial charge in [-0.3, -0.25) is 9.59 Å². The molecular formula is C28H30Cl4N4O5. The van der Waals surface area contributed by atoms with Gasteiger partial charge in [-0.15, -0.1) is 0 Å². The molecule has 41 heavy (non-hydrogen) atoms. The van der Waals surface area contributed by atoms with Crippen LogP contribution in [0, 0.1) is 11.8 Å². The molecule has 3 rings (SSSR count). The molecule has 0 saturated carbocycles. The maximum atomic E-state index is 13.2. The number of hydrogen-bond acceptors (Lipinski definition) is 5. The summed E-state index contributed by atoms with van der Waals surface area (Å²) < 4.78 is 5.58. The normalized spacial score (nSPS) is 12.9. The van der Waals surface area contributed by atoms with Crippen molar-refractivity contribution in [3.63, 3.8) is 0 Å². The van der Waals surface area contributed by atoms with E-state index in [4.69, 9.17) is 56.0 Å². The van der Waals surface area contributed by atoms with E-state index in [1.807, 2.05) is 13.8 Å². The van der Waals surface area contributed by atoms with E-state index in [1.54, 1.807) is 62.4 Å². The van der Waals surface area contributed by atoms with Gasteiger partial charge in [-0.05, 0) is 36.1 Å². The first-order valence-electron chi connectivity index (χ1n) is 12.7. The van der Waals surface area contributed by atoms with Crippen LogP contribution in [0.15, 0.2) is 53.1 Å². The Hall–Kier alpha value is -2.98. The van der Waals surface area contributed by atoms with Crippen LogP contribution in [0.1, 0.15) is 27.7 Å². The quantitative estimate of drug-likeness (QED) is 0.196. The van der Waals surface area contributed by atoms with Crippen LogP contribution in [-0.4, -0.2) is 51.6 Å². The van der Waals surface area contributed by atoms with Gasteiger partial charge in [0, 0.05) is 35.5 Å². The van der Waals surface area contributed by atoms with Crippen molar-refractivity contribution in [3.05, 3.63) is 58.6 Å². The third-order valence-corrected chi connectivity index (χ3v) is 7.37. The Balaban J connectivity index is 1.93. The van der Waals surface area contributed by atoms with E-state index in [-0.39, 0.29) is 18.4 Å². The minimum atomic E-state index is -1.38. The highest BCUT2D eigenvalue weighted by molar-refractivity contribution is 6.54. The predicted octanol–water partition coefficient (Wildman–Crippen LogP) is 6.89. The average Bonchev–Trinajstić information content (AvgIpc) is 3.38. The summed E-state index contributed by atoms with van der Waals surface area (Å²) in [5.74, 6) is -1.17. The van der Waals surface area contributed by atoms with Crippen molar-refractivity contribution in [3.8, 4) is 22.6 Å². The molecule has 0 saturated heterocycles. The Morgan fingerprint density at radius 3 is 2.15 bits per heavy atom. The summed E-state index contributed by atoms with van der Waals surface area (Å²) in [5.41, 5.74) is 2.00. The van der Waals surface area contributed by atoms with Gasteiger partial charge in [0.15, 0.2) is 10.6 Å². The minimum Gasteiger partial charge on any atom is -0.465 e. The standard InChI is InChI=1S/C28H30Cl4N4O5/c1-14(2)21(33-26(37)24(15(3)4)34-28(39)40)13-36(27(38)25(31)32)17-8-5-7-16(11-17)22-12-20(35-41-22)23-18(29)9-6-10-19(23)30/h5-12,14-15,21,24-25,34H,13H2,1-4H3,(H,33,37)(H,39,40)/t21-,24+/m1/s1. The molecule has 3 aromatic rings. The summed E-state index contributed by atoms with van der Waals surface area (Å²) in [4.78, 5) is 37.4. The number of aromatic nitrogens is 1. The van der Waals surface area contributed by atoms with Crippen LogP contribution < -0.4 is 15.5 Å². The van der Waals surface area contributed by atoms with E-state index in [0.29, 0.717) is 38.3 Å². The van der Waals surface area contributed by atoms with Crippen LogP contribution in [0.5, 0.6) is 0 Å². The Labute approximate surface area is 258 Å². The molecule has 0 aliphatic heterocycles. The Morgan fingerprint density at radius 2 is 1.59 bits per heavy atom. The molecular weight excluding hydrogens is 614 g/mol. The van der Waals surface area contributed by atoms with Crippen LogP contribution in [-0.2, 0) is 9.59 Å². The second-order valence-electron chi connectivity index (χ2n) is 10.0. The first-order valence-corrected chi connectivity index (χ1v) is 14.3. The number of nitrogens with zero attached hydrogens (tertiary/aromatic N) is 2. The number of carbonyl (C=O) groups is 3. The number of halogens is 4. The Morgan fingerprint density at radius 1 is 0.951 bits per heavy atom. The van der Waals surface area contributed by atoms with E-state index >= 15 is 0 Å². The second-order valence-corrected chi connectivity index (χ2v) is 11.9. The summed E-state index contributed by atoms with van der Waals surface area (Å²) >= 11 is 24.7. The second kappa shape index (κ2) is 14.3. The topological polar surface area (TPSA) is 125 Å². The maximum absolute atomic E-state index is 13.2. The zero-order valence-electron chi connectivity index (χ0n) is 22.7. The number of nitrogens with one attached hydrogen (secondary N) is 2. The molecule has 0 aliphatic rings. The first-order chi connectivity index (χ1) is 19.3. The van der Waals surface area contributed by atoms with Crippen LogP contribution in [0.3, 0.4) is 0 Å². The molecule has 0 unspecified atom stereocenters. The van der Waals surface area contributed by atoms with Crippen LogP contribution in [0.2, 0.25) is 10.0 Å². The highest BCUT2D eigenvalue weighted by Crippen LogP contribution is 2.36. The van der Waals surface area contributed by atoms with Gasteiger partial charge < -0.3 is 25.2 Å². The molecule has 13 heteroatoms. The number of anilines is 1. The molecule has 0 spiro atoms. The summed E-state index contributed by atoms with van der Waals surface area (Å²) in [6.07, 6.45) is -1.31. The van der Waals surface area contributed by atoms with E-state index in [9.17, 15) is 14.4 Å². The average molecular weight is 644 g/mol. The molecule has 2 aromatic carbocycles. The first kappa shape index (κ1) is 32.5. The van der Waals surface area contributed by atoms with Gasteiger partial charge in [-0.25, -0.2) is 4.79 Å². The number of benzene rings is 2.